The summed E-state index contributed by atoms with van der Waals surface area (Å²) in [7, 11) is -4.16. The Morgan fingerprint density at radius 2 is 1.52 bits per heavy atom. The van der Waals surface area contributed by atoms with Crippen LogP contribution in [-0.4, -0.2) is 25.2 Å². The predicted molar refractivity (Wildman–Crippen MR) is 110 cm³/mol. The fraction of sp³-hybridized carbons (Fsp3) is 0.0952. The van der Waals surface area contributed by atoms with Crippen LogP contribution in [0, 0.1) is 17.5 Å². The van der Waals surface area contributed by atoms with Gasteiger partial charge in [0.15, 0.2) is 0 Å². The third kappa shape index (κ3) is 5.84. The van der Waals surface area contributed by atoms with Crippen LogP contribution in [0.3, 0.4) is 0 Å². The summed E-state index contributed by atoms with van der Waals surface area (Å²) in [5.41, 5.74) is 0.136. The summed E-state index contributed by atoms with van der Waals surface area (Å²) in [4.78, 5) is 12.4. The first-order valence-electron chi connectivity index (χ1n) is 8.90. The number of carbonyl (C=O) groups is 1. The van der Waals surface area contributed by atoms with Crippen molar-refractivity contribution in [3.8, 4) is 0 Å². The van der Waals surface area contributed by atoms with Crippen molar-refractivity contribution >= 4 is 33.2 Å². The maximum absolute atomic E-state index is 13.8. The molecule has 0 spiro atoms. The van der Waals surface area contributed by atoms with Gasteiger partial charge in [-0.25, -0.2) is 21.6 Å². The average molecular weight is 469 g/mol. The van der Waals surface area contributed by atoms with Crippen LogP contribution in [0.5, 0.6) is 0 Å². The predicted octanol–water partition coefficient (Wildman–Crippen LogP) is 4.59. The number of halogens is 4. The molecule has 0 atom stereocenters. The van der Waals surface area contributed by atoms with Crippen LogP contribution < -0.4 is 5.32 Å². The molecule has 0 fully saturated rings. The van der Waals surface area contributed by atoms with Gasteiger partial charge < -0.3 is 5.32 Å². The molecule has 3 rings (SSSR count). The highest BCUT2D eigenvalue weighted by Crippen LogP contribution is 2.21. The van der Waals surface area contributed by atoms with Crippen molar-refractivity contribution in [2.75, 3.05) is 11.9 Å². The van der Waals surface area contributed by atoms with Crippen LogP contribution in [0.2, 0.25) is 5.02 Å². The van der Waals surface area contributed by atoms with E-state index in [0.717, 1.165) is 28.6 Å². The molecule has 162 valence electrons. The quantitative estimate of drug-likeness (QED) is 0.551. The van der Waals surface area contributed by atoms with Crippen molar-refractivity contribution in [1.82, 2.24) is 4.31 Å². The average Bonchev–Trinajstić information content (AvgIpc) is 2.71. The summed E-state index contributed by atoms with van der Waals surface area (Å²) < 4.78 is 67.2. The van der Waals surface area contributed by atoms with Crippen molar-refractivity contribution in [2.45, 2.75) is 11.4 Å². The molecule has 0 radical (unpaired) electrons. The summed E-state index contributed by atoms with van der Waals surface area (Å²) in [6, 6.07) is 13.0. The summed E-state index contributed by atoms with van der Waals surface area (Å²) >= 11 is 5.82. The van der Waals surface area contributed by atoms with Crippen LogP contribution >= 0.6 is 11.6 Å². The monoisotopic (exact) mass is 468 g/mol. The number of nitrogens with zero attached hydrogens (tertiary/aromatic N) is 1. The zero-order chi connectivity index (χ0) is 22.6. The normalized spacial score (nSPS) is 11.5. The Hall–Kier alpha value is -2.88. The first kappa shape index (κ1) is 22.8. The van der Waals surface area contributed by atoms with E-state index in [9.17, 15) is 26.4 Å². The molecule has 0 bridgehead atoms. The van der Waals surface area contributed by atoms with E-state index in [1.807, 2.05) is 0 Å². The lowest BCUT2D eigenvalue weighted by Gasteiger charge is -2.22. The minimum Gasteiger partial charge on any atom is -0.322 e. The molecule has 3 aromatic carbocycles. The molecule has 10 heteroatoms. The molecule has 0 aliphatic heterocycles. The molecular formula is C21H16ClF3N2O3S. The van der Waals surface area contributed by atoms with E-state index < -0.39 is 39.9 Å². The highest BCUT2D eigenvalue weighted by Gasteiger charge is 2.27. The molecule has 1 N–H and O–H groups in total. The van der Waals surface area contributed by atoms with Crippen molar-refractivity contribution in [2.24, 2.45) is 0 Å². The van der Waals surface area contributed by atoms with Crippen molar-refractivity contribution in [1.29, 1.82) is 0 Å². The minimum atomic E-state index is -4.16. The molecule has 0 aliphatic carbocycles. The number of nitrogens with one attached hydrogen (secondary N) is 1. The van der Waals surface area contributed by atoms with E-state index >= 15 is 0 Å². The minimum absolute atomic E-state index is 0.111. The number of anilines is 1. The topological polar surface area (TPSA) is 66.5 Å². The van der Waals surface area contributed by atoms with Gasteiger partial charge >= 0.3 is 0 Å². The lowest BCUT2D eigenvalue weighted by Crippen LogP contribution is -2.37. The number of hydrogen-bond acceptors (Lipinski definition) is 3. The number of rotatable bonds is 7. The third-order valence-electron chi connectivity index (χ3n) is 4.25. The SMILES string of the molecule is O=C(CN(Cc1ccc(F)cc1)S(=O)(=O)c1ccc(Cl)cc1)Nc1ccc(F)cc1F. The number of hydrogen-bond donors (Lipinski definition) is 1. The van der Waals surface area contributed by atoms with E-state index in [2.05, 4.69) is 5.32 Å². The van der Waals surface area contributed by atoms with E-state index in [1.165, 1.54) is 36.4 Å². The fourth-order valence-electron chi connectivity index (χ4n) is 2.72. The maximum atomic E-state index is 13.8. The molecule has 0 heterocycles. The van der Waals surface area contributed by atoms with Gasteiger partial charge in [0.1, 0.15) is 17.5 Å². The second kappa shape index (κ2) is 9.51. The fourth-order valence-corrected chi connectivity index (χ4v) is 4.23. The smallest absolute Gasteiger partial charge is 0.243 e. The molecule has 0 aromatic heterocycles. The molecule has 0 aliphatic rings. The number of amides is 1. The molecule has 31 heavy (non-hydrogen) atoms. The van der Waals surface area contributed by atoms with Gasteiger partial charge in [-0.3, -0.25) is 4.79 Å². The van der Waals surface area contributed by atoms with Gasteiger partial charge in [-0.15, -0.1) is 0 Å². The van der Waals surface area contributed by atoms with Gasteiger partial charge in [-0.05, 0) is 54.1 Å². The van der Waals surface area contributed by atoms with Crippen LogP contribution in [0.25, 0.3) is 0 Å². The molecule has 1 amide bonds. The summed E-state index contributed by atoms with van der Waals surface area (Å²) in [6.45, 7) is -0.913. The largest absolute Gasteiger partial charge is 0.322 e. The molecule has 0 saturated carbocycles. The number of benzene rings is 3. The Labute approximate surface area is 182 Å². The maximum Gasteiger partial charge on any atom is 0.243 e. The van der Waals surface area contributed by atoms with Gasteiger partial charge in [-0.2, -0.15) is 4.31 Å². The highest BCUT2D eigenvalue weighted by molar-refractivity contribution is 7.89. The Morgan fingerprint density at radius 1 is 0.903 bits per heavy atom. The van der Waals surface area contributed by atoms with Crippen LogP contribution in [0.4, 0.5) is 18.9 Å². The first-order chi connectivity index (χ1) is 14.6. The second-order valence-electron chi connectivity index (χ2n) is 6.53. The number of sulfonamides is 1. The second-order valence-corrected chi connectivity index (χ2v) is 8.90. The van der Waals surface area contributed by atoms with E-state index in [-0.39, 0.29) is 17.1 Å². The van der Waals surface area contributed by atoms with Crippen LogP contribution in [0.15, 0.2) is 71.6 Å². The molecule has 0 saturated heterocycles. The van der Waals surface area contributed by atoms with Crippen molar-refractivity contribution in [3.05, 3.63) is 94.8 Å². The van der Waals surface area contributed by atoms with Crippen molar-refractivity contribution in [3.63, 3.8) is 0 Å². The summed E-state index contributed by atoms with van der Waals surface area (Å²) in [6.07, 6.45) is 0. The Kier molecular flexibility index (Phi) is 6.99. The third-order valence-corrected chi connectivity index (χ3v) is 6.31. The molecule has 3 aromatic rings. The van der Waals surface area contributed by atoms with Gasteiger partial charge in [-0.1, -0.05) is 23.7 Å². The molecule has 0 unspecified atom stereocenters. The standard InChI is InChI=1S/C21H16ClF3N2O3S/c22-15-3-8-18(9-4-15)31(29,30)27(12-14-1-5-16(23)6-2-14)13-21(28)26-20-10-7-17(24)11-19(20)25/h1-11H,12-13H2,(H,26,28). The van der Waals surface area contributed by atoms with Crippen LogP contribution in [-0.2, 0) is 21.4 Å². The Balaban J connectivity index is 1.88. The van der Waals surface area contributed by atoms with Gasteiger partial charge in [0.25, 0.3) is 0 Å². The van der Waals surface area contributed by atoms with E-state index in [0.29, 0.717) is 16.7 Å². The highest BCUT2D eigenvalue weighted by atomic mass is 35.5. The van der Waals surface area contributed by atoms with Gasteiger partial charge in [0.2, 0.25) is 15.9 Å². The molecular weight excluding hydrogens is 453 g/mol. The lowest BCUT2D eigenvalue weighted by molar-refractivity contribution is -0.116. The Morgan fingerprint density at radius 3 is 2.13 bits per heavy atom. The zero-order valence-electron chi connectivity index (χ0n) is 15.9. The Bertz CT molecular complexity index is 1190. The lowest BCUT2D eigenvalue weighted by atomic mass is 10.2. The van der Waals surface area contributed by atoms with Crippen molar-refractivity contribution < 1.29 is 26.4 Å². The van der Waals surface area contributed by atoms with Gasteiger partial charge in [0, 0.05) is 17.6 Å². The van der Waals surface area contributed by atoms with Gasteiger partial charge in [0.05, 0.1) is 17.1 Å². The zero-order valence-corrected chi connectivity index (χ0v) is 17.4. The van der Waals surface area contributed by atoms with Crippen LogP contribution in [0.1, 0.15) is 5.56 Å². The summed E-state index contributed by atoms with van der Waals surface area (Å²) in [5.74, 6) is -3.16. The van der Waals surface area contributed by atoms with E-state index in [1.54, 1.807) is 0 Å². The summed E-state index contributed by atoms with van der Waals surface area (Å²) in [5, 5.41) is 2.56. The first-order valence-corrected chi connectivity index (χ1v) is 10.7. The molecule has 5 nitrogen and oxygen atoms in total. The number of carbonyl (C=O) groups excluding carboxylic acids is 1. The van der Waals surface area contributed by atoms with E-state index in [4.69, 9.17) is 11.6 Å².